The molecule has 2 aromatic carbocycles. The van der Waals surface area contributed by atoms with Crippen LogP contribution in [0.25, 0.3) is 0 Å². The van der Waals surface area contributed by atoms with E-state index in [4.69, 9.17) is 0 Å². The number of carbonyl (C=O) groups is 1. The van der Waals surface area contributed by atoms with Crippen LogP contribution in [0.3, 0.4) is 0 Å². The van der Waals surface area contributed by atoms with E-state index in [-0.39, 0.29) is 12.5 Å². The highest BCUT2D eigenvalue weighted by Crippen LogP contribution is 2.19. The number of likely N-dealkylation sites (N-methyl/N-ethyl adjacent to an activating group) is 2. The third kappa shape index (κ3) is 4.55. The molecule has 1 N–H and O–H groups in total. The zero-order valence-electron chi connectivity index (χ0n) is 15.7. The van der Waals surface area contributed by atoms with Gasteiger partial charge in [-0.25, -0.2) is 0 Å². The summed E-state index contributed by atoms with van der Waals surface area (Å²) in [4.78, 5) is 19.1. The fourth-order valence-corrected chi connectivity index (χ4v) is 3.24. The van der Waals surface area contributed by atoms with E-state index in [1.54, 1.807) is 4.90 Å². The van der Waals surface area contributed by atoms with E-state index in [0.717, 1.165) is 37.6 Å². The van der Waals surface area contributed by atoms with Gasteiger partial charge in [-0.2, -0.15) is 0 Å². The van der Waals surface area contributed by atoms with Gasteiger partial charge in [0.15, 0.2) is 0 Å². The smallest absolute Gasteiger partial charge is 0.246 e. The van der Waals surface area contributed by atoms with E-state index in [2.05, 4.69) is 46.4 Å². The molecule has 1 heterocycles. The Balaban J connectivity index is 1.55. The van der Waals surface area contributed by atoms with Gasteiger partial charge in [0.2, 0.25) is 5.91 Å². The van der Waals surface area contributed by atoms with Crippen molar-refractivity contribution in [3.8, 4) is 0 Å². The van der Waals surface area contributed by atoms with E-state index < -0.39 is 0 Å². The molecule has 3 rings (SSSR count). The van der Waals surface area contributed by atoms with Gasteiger partial charge in [0.1, 0.15) is 0 Å². The topological polar surface area (TPSA) is 38.8 Å². The molecule has 1 fully saturated rings. The van der Waals surface area contributed by atoms with Crippen molar-refractivity contribution >= 4 is 23.0 Å². The summed E-state index contributed by atoms with van der Waals surface area (Å²) in [5.74, 6) is 0.0712. The van der Waals surface area contributed by atoms with Gasteiger partial charge in [-0.15, -0.1) is 0 Å². The number of nitrogens with zero attached hydrogens (tertiary/aromatic N) is 3. The number of hydrogen-bond donors (Lipinski definition) is 1. The van der Waals surface area contributed by atoms with Crippen molar-refractivity contribution in [3.05, 3.63) is 54.6 Å². The summed E-state index contributed by atoms with van der Waals surface area (Å²) in [6.45, 7) is 7.26. The largest absolute Gasteiger partial charge is 0.376 e. The van der Waals surface area contributed by atoms with E-state index in [1.807, 2.05) is 37.3 Å². The van der Waals surface area contributed by atoms with Crippen LogP contribution in [0.2, 0.25) is 0 Å². The summed E-state index contributed by atoms with van der Waals surface area (Å²) in [6.07, 6.45) is 0. The molecule has 0 aliphatic carbocycles. The molecule has 0 unspecified atom stereocenters. The van der Waals surface area contributed by atoms with Gasteiger partial charge in [0, 0.05) is 49.8 Å². The minimum Gasteiger partial charge on any atom is -0.376 e. The highest BCUT2D eigenvalue weighted by molar-refractivity contribution is 5.96. The molecular formula is C21H28N4O. The molecule has 138 valence electrons. The van der Waals surface area contributed by atoms with E-state index in [1.165, 1.54) is 5.69 Å². The predicted molar refractivity (Wildman–Crippen MR) is 109 cm³/mol. The van der Waals surface area contributed by atoms with Crippen LogP contribution in [0, 0.1) is 0 Å². The molecule has 5 heteroatoms. The number of para-hydroxylation sites is 1. The molecule has 5 nitrogen and oxygen atoms in total. The molecule has 0 atom stereocenters. The van der Waals surface area contributed by atoms with Crippen LogP contribution in [0.4, 0.5) is 17.1 Å². The van der Waals surface area contributed by atoms with E-state index in [0.29, 0.717) is 6.54 Å². The standard InChI is InChI=1S/C21H28N4O/c1-3-25(20-7-5-4-6-8-20)21(26)17-22-18-9-11-19(12-10-18)24-15-13-23(2)14-16-24/h4-12,22H,3,13-17H2,1-2H3. The lowest BCUT2D eigenvalue weighted by atomic mass is 10.2. The van der Waals surface area contributed by atoms with Gasteiger partial charge in [0.25, 0.3) is 0 Å². The second-order valence-corrected chi connectivity index (χ2v) is 6.66. The molecule has 0 aromatic heterocycles. The van der Waals surface area contributed by atoms with E-state index >= 15 is 0 Å². The number of anilines is 3. The highest BCUT2D eigenvalue weighted by Gasteiger charge is 2.15. The average molecular weight is 352 g/mol. The van der Waals surface area contributed by atoms with Crippen LogP contribution in [0.1, 0.15) is 6.92 Å². The molecule has 0 bridgehead atoms. The molecule has 1 saturated heterocycles. The summed E-state index contributed by atoms with van der Waals surface area (Å²) in [5, 5.41) is 3.25. The Morgan fingerprint density at radius 3 is 2.27 bits per heavy atom. The summed E-state index contributed by atoms with van der Waals surface area (Å²) < 4.78 is 0. The maximum atomic E-state index is 12.5. The normalized spacial score (nSPS) is 14.9. The lowest BCUT2D eigenvalue weighted by molar-refractivity contribution is -0.116. The SMILES string of the molecule is CCN(C(=O)CNc1ccc(N2CCN(C)CC2)cc1)c1ccccc1. The molecule has 26 heavy (non-hydrogen) atoms. The molecule has 1 amide bonds. The fourth-order valence-electron chi connectivity index (χ4n) is 3.24. The first-order chi connectivity index (χ1) is 12.7. The van der Waals surface area contributed by atoms with Gasteiger partial charge < -0.3 is 20.0 Å². The van der Waals surface area contributed by atoms with Crippen molar-refractivity contribution in [1.29, 1.82) is 0 Å². The van der Waals surface area contributed by atoms with Crippen LogP contribution in [-0.4, -0.2) is 57.1 Å². The van der Waals surface area contributed by atoms with Crippen molar-refractivity contribution in [2.75, 3.05) is 61.4 Å². The first-order valence-electron chi connectivity index (χ1n) is 9.30. The molecule has 2 aromatic rings. The maximum Gasteiger partial charge on any atom is 0.246 e. The predicted octanol–water partition coefficient (Wildman–Crippen LogP) is 2.90. The number of rotatable bonds is 6. The monoisotopic (exact) mass is 352 g/mol. The van der Waals surface area contributed by atoms with Crippen LogP contribution in [0.15, 0.2) is 54.6 Å². The summed E-state index contributed by atoms with van der Waals surface area (Å²) >= 11 is 0. The highest BCUT2D eigenvalue weighted by atomic mass is 16.2. The quantitative estimate of drug-likeness (QED) is 0.868. The van der Waals surface area contributed by atoms with Crippen molar-refractivity contribution < 1.29 is 4.79 Å². The van der Waals surface area contributed by atoms with Crippen LogP contribution < -0.4 is 15.1 Å². The minimum atomic E-state index is 0.0712. The van der Waals surface area contributed by atoms with Crippen molar-refractivity contribution in [1.82, 2.24) is 4.90 Å². The third-order valence-electron chi connectivity index (χ3n) is 4.86. The third-order valence-corrected chi connectivity index (χ3v) is 4.86. The Kier molecular flexibility index (Phi) is 6.12. The van der Waals surface area contributed by atoms with Crippen LogP contribution >= 0.6 is 0 Å². The zero-order valence-corrected chi connectivity index (χ0v) is 15.7. The van der Waals surface area contributed by atoms with Gasteiger partial charge in [-0.3, -0.25) is 4.79 Å². The first-order valence-corrected chi connectivity index (χ1v) is 9.30. The lowest BCUT2D eigenvalue weighted by Gasteiger charge is -2.34. The molecule has 0 spiro atoms. The Bertz CT molecular complexity index is 694. The Morgan fingerprint density at radius 2 is 1.65 bits per heavy atom. The molecule has 0 radical (unpaired) electrons. The van der Waals surface area contributed by atoms with Crippen molar-refractivity contribution in [3.63, 3.8) is 0 Å². The number of piperazine rings is 1. The molecule has 1 aliphatic heterocycles. The number of nitrogens with one attached hydrogen (secondary N) is 1. The fraction of sp³-hybridized carbons (Fsp3) is 0.381. The molecule has 1 aliphatic rings. The number of carbonyl (C=O) groups excluding carboxylic acids is 1. The summed E-state index contributed by atoms with van der Waals surface area (Å²) in [6, 6.07) is 18.2. The summed E-state index contributed by atoms with van der Waals surface area (Å²) in [5.41, 5.74) is 3.15. The second kappa shape index (κ2) is 8.72. The lowest BCUT2D eigenvalue weighted by Crippen LogP contribution is -2.44. The van der Waals surface area contributed by atoms with Crippen LogP contribution in [0.5, 0.6) is 0 Å². The van der Waals surface area contributed by atoms with Gasteiger partial charge in [0.05, 0.1) is 6.54 Å². The first kappa shape index (κ1) is 18.3. The number of hydrogen-bond acceptors (Lipinski definition) is 4. The Morgan fingerprint density at radius 1 is 1.00 bits per heavy atom. The average Bonchev–Trinajstić information content (AvgIpc) is 2.69. The summed E-state index contributed by atoms with van der Waals surface area (Å²) in [7, 11) is 2.16. The Labute approximate surface area is 156 Å². The van der Waals surface area contributed by atoms with Gasteiger partial charge >= 0.3 is 0 Å². The van der Waals surface area contributed by atoms with Crippen LogP contribution in [-0.2, 0) is 4.79 Å². The molecular weight excluding hydrogens is 324 g/mol. The number of amides is 1. The Hall–Kier alpha value is -2.53. The second-order valence-electron chi connectivity index (χ2n) is 6.66. The van der Waals surface area contributed by atoms with Gasteiger partial charge in [-0.1, -0.05) is 18.2 Å². The van der Waals surface area contributed by atoms with E-state index in [9.17, 15) is 4.79 Å². The zero-order chi connectivity index (χ0) is 18.4. The minimum absolute atomic E-state index is 0.0712. The number of benzene rings is 2. The maximum absolute atomic E-state index is 12.5. The van der Waals surface area contributed by atoms with Crippen molar-refractivity contribution in [2.45, 2.75) is 6.92 Å². The van der Waals surface area contributed by atoms with Gasteiger partial charge in [-0.05, 0) is 50.4 Å². The molecule has 0 saturated carbocycles. The van der Waals surface area contributed by atoms with Crippen molar-refractivity contribution in [2.24, 2.45) is 0 Å².